The number of thiophene rings is 1. The van der Waals surface area contributed by atoms with E-state index in [0.29, 0.717) is 6.04 Å². The van der Waals surface area contributed by atoms with Gasteiger partial charge in [-0.3, -0.25) is 0 Å². The van der Waals surface area contributed by atoms with E-state index in [0.717, 1.165) is 28.6 Å². The number of nitrogens with one attached hydrogen (secondary N) is 1. The standard InChI is InChI=1S/C13H19ClN2OS/c1-9-5-3-4-8-16(9)13(17)15-10(2)11-6-7-12(14)18-11/h6-7,9-10H,3-5,8H2,1-2H3,(H,15,17). The lowest BCUT2D eigenvalue weighted by Gasteiger charge is -2.34. The molecule has 0 spiro atoms. The highest BCUT2D eigenvalue weighted by molar-refractivity contribution is 7.16. The lowest BCUT2D eigenvalue weighted by molar-refractivity contribution is 0.155. The highest BCUT2D eigenvalue weighted by atomic mass is 35.5. The van der Waals surface area contributed by atoms with E-state index in [9.17, 15) is 4.79 Å². The minimum atomic E-state index is 0.0177. The quantitative estimate of drug-likeness (QED) is 0.874. The van der Waals surface area contributed by atoms with Crippen LogP contribution >= 0.6 is 22.9 Å². The van der Waals surface area contributed by atoms with E-state index in [4.69, 9.17) is 11.6 Å². The lowest BCUT2D eigenvalue weighted by atomic mass is 10.0. The topological polar surface area (TPSA) is 32.3 Å². The van der Waals surface area contributed by atoms with Gasteiger partial charge in [0, 0.05) is 17.5 Å². The second-order valence-corrected chi connectivity index (χ2v) is 6.60. The van der Waals surface area contributed by atoms with E-state index >= 15 is 0 Å². The number of nitrogens with zero attached hydrogens (tertiary/aromatic N) is 1. The van der Waals surface area contributed by atoms with Crippen molar-refractivity contribution in [1.29, 1.82) is 0 Å². The van der Waals surface area contributed by atoms with Gasteiger partial charge in [0.15, 0.2) is 0 Å². The lowest BCUT2D eigenvalue weighted by Crippen LogP contribution is -2.47. The molecule has 2 unspecified atom stereocenters. The van der Waals surface area contributed by atoms with Crippen LogP contribution in [0.5, 0.6) is 0 Å². The number of carbonyl (C=O) groups excluding carboxylic acids is 1. The molecule has 3 nitrogen and oxygen atoms in total. The van der Waals surface area contributed by atoms with E-state index in [1.807, 2.05) is 24.0 Å². The highest BCUT2D eigenvalue weighted by Gasteiger charge is 2.24. The van der Waals surface area contributed by atoms with Gasteiger partial charge in [-0.25, -0.2) is 4.79 Å². The van der Waals surface area contributed by atoms with Crippen LogP contribution in [-0.4, -0.2) is 23.5 Å². The van der Waals surface area contributed by atoms with Crippen LogP contribution in [0.3, 0.4) is 0 Å². The van der Waals surface area contributed by atoms with E-state index in [2.05, 4.69) is 12.2 Å². The first-order valence-electron chi connectivity index (χ1n) is 6.40. The molecular formula is C13H19ClN2OS. The SMILES string of the molecule is CC(NC(=O)N1CCCCC1C)c1ccc(Cl)s1. The van der Waals surface area contributed by atoms with E-state index < -0.39 is 0 Å². The number of likely N-dealkylation sites (tertiary alicyclic amines) is 1. The number of hydrogen-bond acceptors (Lipinski definition) is 2. The molecule has 1 aliphatic rings. The number of urea groups is 1. The monoisotopic (exact) mass is 286 g/mol. The normalized spacial score (nSPS) is 21.7. The van der Waals surface area contributed by atoms with Crippen LogP contribution in [0.15, 0.2) is 12.1 Å². The van der Waals surface area contributed by atoms with Crippen molar-refractivity contribution in [3.05, 3.63) is 21.3 Å². The largest absolute Gasteiger partial charge is 0.331 e. The molecule has 0 aromatic carbocycles. The fourth-order valence-corrected chi connectivity index (χ4v) is 3.36. The highest BCUT2D eigenvalue weighted by Crippen LogP contribution is 2.27. The molecule has 1 aromatic rings. The molecule has 2 amide bonds. The zero-order valence-electron chi connectivity index (χ0n) is 10.8. The Hall–Kier alpha value is -0.740. The maximum atomic E-state index is 12.2. The molecule has 2 atom stereocenters. The van der Waals surface area contributed by atoms with Gasteiger partial charge in [0.2, 0.25) is 0 Å². The van der Waals surface area contributed by atoms with E-state index in [-0.39, 0.29) is 12.1 Å². The summed E-state index contributed by atoms with van der Waals surface area (Å²) in [6.07, 6.45) is 3.44. The zero-order chi connectivity index (χ0) is 13.1. The third-order valence-corrected chi connectivity index (χ3v) is 4.84. The van der Waals surface area contributed by atoms with Crippen LogP contribution in [0.4, 0.5) is 4.79 Å². The van der Waals surface area contributed by atoms with Gasteiger partial charge in [-0.05, 0) is 45.2 Å². The predicted molar refractivity (Wildman–Crippen MR) is 76.3 cm³/mol. The van der Waals surface area contributed by atoms with Gasteiger partial charge in [-0.2, -0.15) is 0 Å². The molecule has 0 saturated carbocycles. The molecule has 2 heterocycles. The molecule has 1 saturated heterocycles. The van der Waals surface area contributed by atoms with Gasteiger partial charge < -0.3 is 10.2 Å². The summed E-state index contributed by atoms with van der Waals surface area (Å²) in [6, 6.07) is 4.24. The minimum Gasteiger partial charge on any atom is -0.331 e. The molecule has 0 bridgehead atoms. The van der Waals surface area contributed by atoms with Crippen LogP contribution in [0.25, 0.3) is 0 Å². The Morgan fingerprint density at radius 3 is 2.94 bits per heavy atom. The molecule has 2 rings (SSSR count). The van der Waals surface area contributed by atoms with Crippen LogP contribution in [0.2, 0.25) is 4.34 Å². The molecule has 1 aromatic heterocycles. The molecule has 18 heavy (non-hydrogen) atoms. The average molecular weight is 287 g/mol. The van der Waals surface area contributed by atoms with Crippen molar-refractivity contribution in [2.24, 2.45) is 0 Å². The molecular weight excluding hydrogens is 268 g/mol. The molecule has 1 N–H and O–H groups in total. The molecule has 100 valence electrons. The first-order chi connectivity index (χ1) is 8.58. The number of piperidine rings is 1. The van der Waals surface area contributed by atoms with Gasteiger partial charge in [0.1, 0.15) is 0 Å². The first-order valence-corrected chi connectivity index (χ1v) is 7.59. The Labute approximate surface area is 117 Å². The van der Waals surface area contributed by atoms with Gasteiger partial charge in [0.25, 0.3) is 0 Å². The summed E-state index contributed by atoms with van der Waals surface area (Å²) in [6.45, 7) is 4.98. The molecule has 0 aliphatic carbocycles. The predicted octanol–water partition coefficient (Wildman–Crippen LogP) is 4.05. The summed E-state index contributed by atoms with van der Waals surface area (Å²) in [5.74, 6) is 0. The van der Waals surface area contributed by atoms with Gasteiger partial charge in [0.05, 0.1) is 10.4 Å². The summed E-state index contributed by atoms with van der Waals surface area (Å²) in [5.41, 5.74) is 0. The fraction of sp³-hybridized carbons (Fsp3) is 0.615. The van der Waals surface area contributed by atoms with Crippen LogP contribution < -0.4 is 5.32 Å². The number of rotatable bonds is 2. The Balaban J connectivity index is 1.94. The van der Waals surface area contributed by atoms with Crippen molar-refractivity contribution < 1.29 is 4.79 Å². The van der Waals surface area contributed by atoms with Crippen molar-refractivity contribution in [1.82, 2.24) is 10.2 Å². The molecule has 0 radical (unpaired) electrons. The molecule has 1 fully saturated rings. The van der Waals surface area contributed by atoms with E-state index in [1.54, 1.807) is 0 Å². The number of amides is 2. The average Bonchev–Trinajstić information content (AvgIpc) is 2.76. The fourth-order valence-electron chi connectivity index (χ4n) is 2.30. The Morgan fingerprint density at radius 1 is 1.56 bits per heavy atom. The Morgan fingerprint density at radius 2 is 2.33 bits per heavy atom. The summed E-state index contributed by atoms with van der Waals surface area (Å²) < 4.78 is 0.762. The van der Waals surface area contributed by atoms with Crippen molar-refractivity contribution in [3.8, 4) is 0 Å². The summed E-state index contributed by atoms with van der Waals surface area (Å²) in [7, 11) is 0. The van der Waals surface area contributed by atoms with Gasteiger partial charge in [-0.1, -0.05) is 11.6 Å². The third-order valence-electron chi connectivity index (χ3n) is 3.42. The number of carbonyl (C=O) groups is 1. The number of hydrogen-bond donors (Lipinski definition) is 1. The van der Waals surface area contributed by atoms with Crippen molar-refractivity contribution in [3.63, 3.8) is 0 Å². The van der Waals surface area contributed by atoms with Crippen LogP contribution in [-0.2, 0) is 0 Å². The first kappa shape index (κ1) is 13.7. The minimum absolute atomic E-state index is 0.0177. The Bertz CT molecular complexity index is 421. The molecule has 1 aliphatic heterocycles. The van der Waals surface area contributed by atoms with Crippen LogP contribution in [0.1, 0.15) is 44.0 Å². The zero-order valence-corrected chi connectivity index (χ0v) is 12.4. The summed E-state index contributed by atoms with van der Waals surface area (Å²) >= 11 is 7.43. The second-order valence-electron chi connectivity index (χ2n) is 4.85. The van der Waals surface area contributed by atoms with E-state index in [1.165, 1.54) is 17.8 Å². The summed E-state index contributed by atoms with van der Waals surface area (Å²) in [5, 5.41) is 3.05. The molecule has 5 heteroatoms. The maximum Gasteiger partial charge on any atom is 0.318 e. The summed E-state index contributed by atoms with van der Waals surface area (Å²) in [4.78, 5) is 15.2. The van der Waals surface area contributed by atoms with Crippen molar-refractivity contribution >= 4 is 29.0 Å². The Kier molecular flexibility index (Phi) is 4.51. The van der Waals surface area contributed by atoms with Crippen molar-refractivity contribution in [2.75, 3.05) is 6.54 Å². The number of halogens is 1. The van der Waals surface area contributed by atoms with Crippen LogP contribution in [0, 0.1) is 0 Å². The third kappa shape index (κ3) is 3.18. The maximum absolute atomic E-state index is 12.2. The van der Waals surface area contributed by atoms with Gasteiger partial charge >= 0.3 is 6.03 Å². The second kappa shape index (κ2) is 5.93. The van der Waals surface area contributed by atoms with Crippen molar-refractivity contribution in [2.45, 2.75) is 45.2 Å². The smallest absolute Gasteiger partial charge is 0.318 e. The van der Waals surface area contributed by atoms with Gasteiger partial charge in [-0.15, -0.1) is 11.3 Å².